The van der Waals surface area contributed by atoms with Crippen LogP contribution in [0.1, 0.15) is 43.2 Å². The molecule has 1 aliphatic rings. The molecule has 0 atom stereocenters. The summed E-state index contributed by atoms with van der Waals surface area (Å²) in [6.07, 6.45) is 10.9. The van der Waals surface area contributed by atoms with Gasteiger partial charge in [-0.25, -0.2) is 4.98 Å². The highest BCUT2D eigenvalue weighted by Gasteiger charge is 2.16. The second kappa shape index (κ2) is 7.72. The van der Waals surface area contributed by atoms with Crippen molar-refractivity contribution in [2.45, 2.75) is 38.6 Å². The number of hydrogen-bond donors (Lipinski definition) is 0. The first kappa shape index (κ1) is 16.2. The summed E-state index contributed by atoms with van der Waals surface area (Å²) in [4.78, 5) is 5.82. The van der Waals surface area contributed by atoms with E-state index >= 15 is 0 Å². The molecule has 0 unspecified atom stereocenters. The molecule has 3 aromatic rings. The summed E-state index contributed by atoms with van der Waals surface area (Å²) >= 11 is 1.73. The van der Waals surface area contributed by atoms with Crippen LogP contribution in [0.3, 0.4) is 0 Å². The van der Waals surface area contributed by atoms with Gasteiger partial charge in [0, 0.05) is 35.4 Å². The molecule has 25 heavy (non-hydrogen) atoms. The van der Waals surface area contributed by atoms with Gasteiger partial charge in [0.05, 0.1) is 4.88 Å². The first-order valence-electron chi connectivity index (χ1n) is 9.05. The Kier molecular flexibility index (Phi) is 4.99. The topological polar surface area (TPSA) is 17.8 Å². The van der Waals surface area contributed by atoms with E-state index in [1.165, 1.54) is 37.0 Å². The lowest BCUT2D eigenvalue weighted by Crippen LogP contribution is -2.14. The van der Waals surface area contributed by atoms with Gasteiger partial charge >= 0.3 is 0 Å². The van der Waals surface area contributed by atoms with Crippen molar-refractivity contribution in [2.24, 2.45) is 5.92 Å². The predicted molar refractivity (Wildman–Crippen MR) is 105 cm³/mol. The van der Waals surface area contributed by atoms with Crippen molar-refractivity contribution in [3.8, 4) is 22.5 Å². The van der Waals surface area contributed by atoms with E-state index in [1.807, 2.05) is 36.5 Å². The molecule has 0 bridgehead atoms. The van der Waals surface area contributed by atoms with Gasteiger partial charge in [0.25, 0.3) is 0 Å². The van der Waals surface area contributed by atoms with Crippen LogP contribution in [0.5, 0.6) is 0 Å². The first-order valence-corrected chi connectivity index (χ1v) is 9.93. The van der Waals surface area contributed by atoms with Gasteiger partial charge in [-0.05, 0) is 37.0 Å². The molecule has 1 aromatic carbocycles. The van der Waals surface area contributed by atoms with Crippen LogP contribution in [0.15, 0.2) is 54.2 Å². The molecule has 0 aliphatic heterocycles. The zero-order valence-corrected chi connectivity index (χ0v) is 15.1. The molecule has 4 rings (SSSR count). The van der Waals surface area contributed by atoms with E-state index in [1.54, 1.807) is 11.3 Å². The second-order valence-electron chi connectivity index (χ2n) is 6.72. The predicted octanol–water partition coefficient (Wildman–Crippen LogP) is 5.59. The number of benzene rings is 1. The molecular weight excluding hydrogens is 324 g/mol. The Bertz CT molecular complexity index is 873. The molecule has 2 aromatic heterocycles. The highest BCUT2D eigenvalue weighted by molar-refractivity contribution is 7.13. The van der Waals surface area contributed by atoms with Crippen molar-refractivity contribution in [1.29, 1.82) is 0 Å². The largest absolute Gasteiger partial charge is 0.330 e. The normalized spacial score (nSPS) is 14.9. The fourth-order valence-corrected chi connectivity index (χ4v) is 4.37. The average molecular weight is 346 g/mol. The number of thiophene rings is 1. The third-order valence-corrected chi connectivity index (χ3v) is 5.77. The monoisotopic (exact) mass is 346 g/mol. The van der Waals surface area contributed by atoms with E-state index in [0.29, 0.717) is 0 Å². The number of imidazole rings is 1. The van der Waals surface area contributed by atoms with Crippen molar-refractivity contribution in [3.05, 3.63) is 65.3 Å². The number of nitrogens with zero attached hydrogens (tertiary/aromatic N) is 2. The average Bonchev–Trinajstić information content (AvgIpc) is 3.31. The Labute approximate surface area is 153 Å². The van der Waals surface area contributed by atoms with Crippen molar-refractivity contribution in [3.63, 3.8) is 0 Å². The van der Waals surface area contributed by atoms with Crippen molar-refractivity contribution < 1.29 is 0 Å². The molecular formula is C22H22N2S. The summed E-state index contributed by atoms with van der Waals surface area (Å²) in [6.45, 7) is 1.10. The van der Waals surface area contributed by atoms with Gasteiger partial charge in [0.15, 0.2) is 0 Å². The minimum atomic E-state index is 0.805. The molecule has 2 nitrogen and oxygen atoms in total. The Morgan fingerprint density at radius 1 is 1.04 bits per heavy atom. The van der Waals surface area contributed by atoms with Crippen molar-refractivity contribution >= 4 is 11.3 Å². The SMILES string of the molecule is C(#Cc1csc(-c2nccn2CC2CCCCC2)c1)c1ccccc1. The number of aromatic nitrogens is 2. The molecule has 1 fully saturated rings. The Balaban J connectivity index is 1.51. The first-order chi connectivity index (χ1) is 12.4. The van der Waals surface area contributed by atoms with Crippen molar-refractivity contribution in [1.82, 2.24) is 9.55 Å². The minimum absolute atomic E-state index is 0.805. The Morgan fingerprint density at radius 3 is 2.68 bits per heavy atom. The van der Waals surface area contributed by atoms with Crippen LogP contribution in [-0.4, -0.2) is 9.55 Å². The van der Waals surface area contributed by atoms with Crippen LogP contribution in [0.4, 0.5) is 0 Å². The van der Waals surface area contributed by atoms with E-state index in [9.17, 15) is 0 Å². The zero-order chi connectivity index (χ0) is 16.9. The van der Waals surface area contributed by atoms with Gasteiger partial charge in [0.2, 0.25) is 0 Å². The summed E-state index contributed by atoms with van der Waals surface area (Å²) in [6, 6.07) is 12.3. The van der Waals surface area contributed by atoms with E-state index in [0.717, 1.165) is 29.4 Å². The molecule has 0 saturated heterocycles. The van der Waals surface area contributed by atoms with E-state index in [2.05, 4.69) is 39.0 Å². The lowest BCUT2D eigenvalue weighted by atomic mass is 9.89. The fourth-order valence-electron chi connectivity index (χ4n) is 3.51. The van der Waals surface area contributed by atoms with Gasteiger partial charge in [-0.15, -0.1) is 11.3 Å². The summed E-state index contributed by atoms with van der Waals surface area (Å²) in [5.74, 6) is 8.39. The lowest BCUT2D eigenvalue weighted by Gasteiger charge is -2.22. The van der Waals surface area contributed by atoms with Crippen LogP contribution < -0.4 is 0 Å². The van der Waals surface area contributed by atoms with Crippen LogP contribution in [0, 0.1) is 17.8 Å². The Morgan fingerprint density at radius 2 is 1.84 bits per heavy atom. The second-order valence-corrected chi connectivity index (χ2v) is 7.63. The van der Waals surface area contributed by atoms with E-state index in [-0.39, 0.29) is 0 Å². The van der Waals surface area contributed by atoms with E-state index in [4.69, 9.17) is 0 Å². The molecule has 126 valence electrons. The molecule has 1 aliphatic carbocycles. The highest BCUT2D eigenvalue weighted by Crippen LogP contribution is 2.29. The standard InChI is InChI=1S/C22H22N2S/c1-3-7-18(8-4-1)11-12-20-15-21(25-17-20)22-23-13-14-24(22)16-19-9-5-2-6-10-19/h1,3-4,7-8,13-15,17,19H,2,5-6,9-10,16H2. The van der Waals surface area contributed by atoms with Gasteiger partial charge in [0.1, 0.15) is 5.82 Å². The summed E-state index contributed by atoms with van der Waals surface area (Å²) in [7, 11) is 0. The molecule has 0 spiro atoms. The smallest absolute Gasteiger partial charge is 0.150 e. The van der Waals surface area contributed by atoms with Gasteiger partial charge in [-0.3, -0.25) is 0 Å². The van der Waals surface area contributed by atoms with Crippen LogP contribution in [0.25, 0.3) is 10.7 Å². The maximum atomic E-state index is 4.61. The maximum absolute atomic E-state index is 4.61. The third kappa shape index (κ3) is 4.03. The van der Waals surface area contributed by atoms with Crippen LogP contribution >= 0.6 is 11.3 Å². The summed E-state index contributed by atoms with van der Waals surface area (Å²) in [5, 5.41) is 2.13. The number of rotatable bonds is 3. The summed E-state index contributed by atoms with van der Waals surface area (Å²) < 4.78 is 2.33. The minimum Gasteiger partial charge on any atom is -0.330 e. The van der Waals surface area contributed by atoms with Gasteiger partial charge < -0.3 is 4.57 Å². The maximum Gasteiger partial charge on any atom is 0.150 e. The lowest BCUT2D eigenvalue weighted by molar-refractivity contribution is 0.320. The molecule has 2 heterocycles. The Hall–Kier alpha value is -2.31. The fraction of sp³-hybridized carbons (Fsp3) is 0.318. The van der Waals surface area contributed by atoms with Gasteiger partial charge in [-0.2, -0.15) is 0 Å². The highest BCUT2D eigenvalue weighted by atomic mass is 32.1. The molecule has 0 radical (unpaired) electrons. The molecule has 0 amide bonds. The molecule has 3 heteroatoms. The van der Waals surface area contributed by atoms with Crippen molar-refractivity contribution in [2.75, 3.05) is 0 Å². The summed E-state index contributed by atoms with van der Waals surface area (Å²) in [5.41, 5.74) is 2.12. The zero-order valence-electron chi connectivity index (χ0n) is 14.3. The molecule has 1 saturated carbocycles. The number of hydrogen-bond acceptors (Lipinski definition) is 2. The van der Waals surface area contributed by atoms with Crippen LogP contribution in [0.2, 0.25) is 0 Å². The van der Waals surface area contributed by atoms with Gasteiger partial charge in [-0.1, -0.05) is 49.3 Å². The quantitative estimate of drug-likeness (QED) is 0.565. The van der Waals surface area contributed by atoms with Crippen LogP contribution in [-0.2, 0) is 6.54 Å². The third-order valence-electron chi connectivity index (χ3n) is 4.84. The molecule has 0 N–H and O–H groups in total. The van der Waals surface area contributed by atoms with E-state index < -0.39 is 0 Å².